The van der Waals surface area contributed by atoms with Crippen molar-refractivity contribution in [2.45, 2.75) is 13.1 Å². The van der Waals surface area contributed by atoms with Crippen LogP contribution in [0.3, 0.4) is 0 Å². The number of rotatable bonds is 4. The molecule has 1 fully saturated rings. The number of hydrogen-bond donors (Lipinski definition) is 1. The minimum Gasteiger partial charge on any atom is -0.481 e. The number of aliphatic carboxylic acids is 1. The van der Waals surface area contributed by atoms with Crippen LogP contribution in [0, 0.1) is 11.8 Å². The Morgan fingerprint density at radius 2 is 1.95 bits per heavy atom. The molecule has 0 aromatic heterocycles. The van der Waals surface area contributed by atoms with E-state index >= 15 is 0 Å². The number of carbonyl (C=O) groups is 1. The Morgan fingerprint density at radius 1 is 1.42 bits per heavy atom. The number of alkyl halides is 3. The molecule has 1 N–H and O–H groups in total. The Hall–Kier alpha value is -0.870. The molecule has 0 unspecified atom stereocenters. The van der Waals surface area contributed by atoms with Crippen molar-refractivity contribution in [2.24, 2.45) is 11.8 Å². The van der Waals surface area contributed by atoms with E-state index in [9.17, 15) is 26.4 Å². The quantitative estimate of drug-likeness (QED) is 0.814. The summed E-state index contributed by atoms with van der Waals surface area (Å²) in [5, 5.41) is 8.79. The average molecular weight is 304 g/mol. The van der Waals surface area contributed by atoms with Crippen molar-refractivity contribution in [1.29, 1.82) is 0 Å². The molecule has 1 heterocycles. The lowest BCUT2D eigenvalue weighted by Crippen LogP contribution is -2.41. The van der Waals surface area contributed by atoms with Gasteiger partial charge in [-0.15, -0.1) is 0 Å². The maximum absolute atomic E-state index is 12.7. The van der Waals surface area contributed by atoms with Crippen LogP contribution in [0.15, 0.2) is 0 Å². The molecule has 0 saturated carbocycles. The summed E-state index contributed by atoms with van der Waals surface area (Å²) < 4.78 is 63.4. The van der Waals surface area contributed by atoms with Crippen LogP contribution in [0.5, 0.6) is 0 Å². The molecule has 0 amide bonds. The third-order valence-corrected chi connectivity index (χ3v) is 5.19. The number of carboxylic acids is 1. The molecule has 112 valence electrons. The molecule has 1 aliphatic heterocycles. The topological polar surface area (TPSA) is 77.9 Å². The number of hydrogen-bond acceptors (Lipinski definition) is 3. The third kappa shape index (κ3) is 3.18. The molecule has 0 aromatic rings. The van der Waals surface area contributed by atoms with Crippen LogP contribution in [0.25, 0.3) is 0 Å². The first-order valence-corrected chi connectivity index (χ1v) is 6.92. The molecule has 1 rings (SSSR count). The predicted molar refractivity (Wildman–Crippen MR) is 59.5 cm³/mol. The molecule has 0 bridgehead atoms. The van der Waals surface area contributed by atoms with Gasteiger partial charge in [-0.25, -0.2) is 0 Å². The zero-order valence-electron chi connectivity index (χ0n) is 10.4. The predicted octanol–water partition coefficient (Wildman–Crippen LogP) is 0.378. The lowest BCUT2D eigenvalue weighted by Gasteiger charge is -2.23. The molecule has 2 atom stereocenters. The van der Waals surface area contributed by atoms with Gasteiger partial charge >= 0.3 is 12.1 Å². The summed E-state index contributed by atoms with van der Waals surface area (Å²) in [6.45, 7) is 0.107. The Labute approximate surface area is 109 Å². The van der Waals surface area contributed by atoms with Crippen LogP contribution in [0.2, 0.25) is 0 Å². The summed E-state index contributed by atoms with van der Waals surface area (Å²) in [5.41, 5.74) is 0. The molecule has 0 aliphatic carbocycles. The van der Waals surface area contributed by atoms with Gasteiger partial charge in [0.2, 0.25) is 0 Å². The highest BCUT2D eigenvalue weighted by molar-refractivity contribution is 7.86. The monoisotopic (exact) mass is 304 g/mol. The van der Waals surface area contributed by atoms with Gasteiger partial charge in [-0.3, -0.25) is 4.79 Å². The van der Waals surface area contributed by atoms with Crippen molar-refractivity contribution in [3.8, 4) is 0 Å². The van der Waals surface area contributed by atoms with Crippen LogP contribution in [0.4, 0.5) is 13.2 Å². The van der Waals surface area contributed by atoms with Gasteiger partial charge in [0, 0.05) is 26.7 Å². The Balaban J connectivity index is 3.03. The van der Waals surface area contributed by atoms with Crippen LogP contribution in [-0.2, 0) is 15.0 Å². The highest BCUT2D eigenvalue weighted by atomic mass is 32.2. The zero-order valence-corrected chi connectivity index (χ0v) is 11.2. The molecule has 0 radical (unpaired) electrons. The number of halogens is 3. The first-order valence-electron chi connectivity index (χ1n) is 5.52. The summed E-state index contributed by atoms with van der Waals surface area (Å²) in [4.78, 5) is 10.8. The zero-order chi connectivity index (χ0) is 15.0. The van der Waals surface area contributed by atoms with Gasteiger partial charge in [0.1, 0.15) is 0 Å². The van der Waals surface area contributed by atoms with Crippen LogP contribution < -0.4 is 0 Å². The standard InChI is InChI=1S/C9H15F3N2O4S/c1-3-13(2)19(17,18)14-4-6(8(15)16)7(5-14)9(10,11)12/h6-7H,3-5H2,1-2H3,(H,15,16)/t6-,7-/m1/s1. The van der Waals surface area contributed by atoms with Crippen molar-refractivity contribution >= 4 is 16.2 Å². The highest BCUT2D eigenvalue weighted by Crippen LogP contribution is 2.38. The van der Waals surface area contributed by atoms with Crippen LogP contribution in [-0.4, -0.2) is 61.0 Å². The van der Waals surface area contributed by atoms with Crippen molar-refractivity contribution in [3.63, 3.8) is 0 Å². The van der Waals surface area contributed by atoms with Gasteiger partial charge in [-0.1, -0.05) is 6.92 Å². The Kier molecular flexibility index (Phi) is 4.47. The molecule has 10 heteroatoms. The van der Waals surface area contributed by atoms with E-state index in [1.54, 1.807) is 0 Å². The molecular weight excluding hydrogens is 289 g/mol. The van der Waals surface area contributed by atoms with E-state index in [1.165, 1.54) is 14.0 Å². The second kappa shape index (κ2) is 5.25. The fraction of sp³-hybridized carbons (Fsp3) is 0.889. The SMILES string of the molecule is CCN(C)S(=O)(=O)N1C[C@@H](C(F)(F)F)[C@H](C(=O)O)C1. The van der Waals surface area contributed by atoms with Gasteiger partial charge in [0.05, 0.1) is 11.8 Å². The number of nitrogens with zero attached hydrogens (tertiary/aromatic N) is 2. The maximum atomic E-state index is 12.7. The van der Waals surface area contributed by atoms with E-state index in [0.29, 0.717) is 4.31 Å². The first-order chi connectivity index (χ1) is 8.51. The molecule has 1 saturated heterocycles. The molecule has 0 aromatic carbocycles. The van der Waals surface area contributed by atoms with E-state index in [1.807, 2.05) is 0 Å². The largest absolute Gasteiger partial charge is 0.481 e. The third-order valence-electron chi connectivity index (χ3n) is 3.19. The summed E-state index contributed by atoms with van der Waals surface area (Å²) in [6, 6.07) is 0. The van der Waals surface area contributed by atoms with Gasteiger partial charge in [0.15, 0.2) is 0 Å². The lowest BCUT2D eigenvalue weighted by molar-refractivity contribution is -0.187. The van der Waals surface area contributed by atoms with E-state index in [0.717, 1.165) is 4.31 Å². The summed E-state index contributed by atoms with van der Waals surface area (Å²) >= 11 is 0. The fourth-order valence-corrected chi connectivity index (χ4v) is 3.32. The normalized spacial score (nSPS) is 26.0. The van der Waals surface area contributed by atoms with E-state index < -0.39 is 47.3 Å². The van der Waals surface area contributed by atoms with Crippen molar-refractivity contribution in [1.82, 2.24) is 8.61 Å². The Morgan fingerprint density at radius 3 is 2.26 bits per heavy atom. The van der Waals surface area contributed by atoms with E-state index in [2.05, 4.69) is 0 Å². The summed E-state index contributed by atoms with van der Waals surface area (Å²) in [6.07, 6.45) is -4.74. The van der Waals surface area contributed by atoms with Crippen molar-refractivity contribution in [3.05, 3.63) is 0 Å². The van der Waals surface area contributed by atoms with Crippen LogP contribution in [0.1, 0.15) is 6.92 Å². The minimum absolute atomic E-state index is 0.0905. The Bertz CT molecular complexity index is 451. The molecule has 6 nitrogen and oxygen atoms in total. The van der Waals surface area contributed by atoms with Crippen LogP contribution >= 0.6 is 0 Å². The van der Waals surface area contributed by atoms with Crippen molar-refractivity contribution in [2.75, 3.05) is 26.7 Å². The van der Waals surface area contributed by atoms with Crippen molar-refractivity contribution < 1.29 is 31.5 Å². The van der Waals surface area contributed by atoms with Gasteiger partial charge in [0.25, 0.3) is 10.2 Å². The second-order valence-corrected chi connectivity index (χ2v) is 6.37. The van der Waals surface area contributed by atoms with Gasteiger partial charge in [-0.05, 0) is 0 Å². The molecule has 19 heavy (non-hydrogen) atoms. The minimum atomic E-state index is -4.74. The van der Waals surface area contributed by atoms with Gasteiger partial charge < -0.3 is 5.11 Å². The summed E-state index contributed by atoms with van der Waals surface area (Å²) in [5.74, 6) is -5.58. The molecular formula is C9H15F3N2O4S. The summed E-state index contributed by atoms with van der Waals surface area (Å²) in [7, 11) is -2.82. The highest BCUT2D eigenvalue weighted by Gasteiger charge is 2.55. The fourth-order valence-electron chi connectivity index (χ4n) is 1.90. The van der Waals surface area contributed by atoms with E-state index in [-0.39, 0.29) is 6.54 Å². The van der Waals surface area contributed by atoms with Gasteiger partial charge in [-0.2, -0.15) is 30.2 Å². The lowest BCUT2D eigenvalue weighted by atomic mass is 9.96. The maximum Gasteiger partial charge on any atom is 0.393 e. The molecule has 1 aliphatic rings. The first kappa shape index (κ1) is 16.2. The number of carboxylic acid groups (broad SMARTS) is 1. The average Bonchev–Trinajstić information content (AvgIpc) is 2.72. The van der Waals surface area contributed by atoms with E-state index in [4.69, 9.17) is 5.11 Å². The second-order valence-electron chi connectivity index (χ2n) is 4.33. The molecule has 0 spiro atoms. The smallest absolute Gasteiger partial charge is 0.393 e.